The predicted molar refractivity (Wildman–Crippen MR) is 139 cm³/mol. The number of hydrogen-bond donors (Lipinski definition) is 3. The number of carbonyl (C=O) groups is 1. The number of nitrogens with zero attached hydrogens (tertiary/aromatic N) is 2. The molecule has 3 aromatic carbocycles. The summed E-state index contributed by atoms with van der Waals surface area (Å²) in [6, 6.07) is 17.4. The molecule has 0 radical (unpaired) electrons. The summed E-state index contributed by atoms with van der Waals surface area (Å²) in [5, 5.41) is 11.5. The number of benzene rings is 3. The second-order valence-corrected chi connectivity index (χ2v) is 10.4. The Labute approximate surface area is 211 Å². The summed E-state index contributed by atoms with van der Waals surface area (Å²) < 4.78 is 29.4. The van der Waals surface area contributed by atoms with Crippen molar-refractivity contribution in [3.05, 3.63) is 98.7 Å². The first-order chi connectivity index (χ1) is 17.8. The Hall–Kier alpha value is -4.22. The van der Waals surface area contributed by atoms with Crippen molar-refractivity contribution in [2.75, 3.05) is 24.0 Å². The molecule has 5 rings (SSSR count). The molecular formula is C26H24N4O6S. The molecule has 0 aliphatic carbocycles. The molecule has 1 aromatic heterocycles. The van der Waals surface area contributed by atoms with Gasteiger partial charge in [0.05, 0.1) is 39.3 Å². The molecule has 10 nitrogen and oxygen atoms in total. The molecule has 11 heteroatoms. The Bertz CT molecular complexity index is 1740. The van der Waals surface area contributed by atoms with Gasteiger partial charge < -0.3 is 15.4 Å². The van der Waals surface area contributed by atoms with Crippen molar-refractivity contribution < 1.29 is 18.3 Å². The van der Waals surface area contributed by atoms with E-state index in [1.54, 1.807) is 12.1 Å². The van der Waals surface area contributed by atoms with E-state index in [2.05, 4.69) is 10.3 Å². The van der Waals surface area contributed by atoms with Gasteiger partial charge >= 0.3 is 5.69 Å². The summed E-state index contributed by atoms with van der Waals surface area (Å²) in [4.78, 5) is 41.6. The van der Waals surface area contributed by atoms with Crippen molar-refractivity contribution in [1.82, 2.24) is 14.9 Å². The Morgan fingerprint density at radius 1 is 1.03 bits per heavy atom. The molecular weight excluding hydrogens is 496 g/mol. The lowest BCUT2D eigenvalue weighted by atomic mass is 10.0. The van der Waals surface area contributed by atoms with Crippen LogP contribution >= 0.6 is 0 Å². The van der Waals surface area contributed by atoms with Crippen molar-refractivity contribution in [2.45, 2.75) is 17.7 Å². The zero-order valence-corrected chi connectivity index (χ0v) is 20.5. The normalized spacial score (nSPS) is 13.4. The second kappa shape index (κ2) is 9.68. The van der Waals surface area contributed by atoms with E-state index >= 15 is 0 Å². The number of fused-ring (bicyclic) bond motifs is 2. The molecule has 0 bridgehead atoms. The number of nitrogens with one attached hydrogen (secondary N) is 2. The number of amides is 1. The highest BCUT2D eigenvalue weighted by atomic mass is 32.2. The van der Waals surface area contributed by atoms with E-state index < -0.39 is 27.2 Å². The van der Waals surface area contributed by atoms with Gasteiger partial charge in [0.25, 0.3) is 21.5 Å². The first-order valence-corrected chi connectivity index (χ1v) is 13.1. The number of anilines is 1. The lowest BCUT2D eigenvalue weighted by Gasteiger charge is -2.30. The van der Waals surface area contributed by atoms with E-state index in [1.165, 1.54) is 46.8 Å². The number of aromatic amines is 1. The summed E-state index contributed by atoms with van der Waals surface area (Å²) in [5.74, 6) is -0.588. The average Bonchev–Trinajstić information content (AvgIpc) is 2.91. The van der Waals surface area contributed by atoms with Crippen molar-refractivity contribution in [3.8, 4) is 5.69 Å². The molecule has 37 heavy (non-hydrogen) atoms. The minimum Gasteiger partial charge on any atom is -0.395 e. The average molecular weight is 521 g/mol. The van der Waals surface area contributed by atoms with E-state index in [1.807, 2.05) is 12.1 Å². The van der Waals surface area contributed by atoms with Crippen LogP contribution in [0.5, 0.6) is 0 Å². The van der Waals surface area contributed by atoms with Gasteiger partial charge in [-0.25, -0.2) is 17.8 Å². The first-order valence-electron chi connectivity index (χ1n) is 11.7. The third-order valence-electron chi connectivity index (χ3n) is 6.30. The van der Waals surface area contributed by atoms with Crippen molar-refractivity contribution in [1.29, 1.82) is 0 Å². The van der Waals surface area contributed by atoms with E-state index in [-0.39, 0.29) is 40.2 Å². The van der Waals surface area contributed by atoms with E-state index in [0.717, 1.165) is 16.6 Å². The quantitative estimate of drug-likeness (QED) is 0.352. The number of rotatable bonds is 6. The number of aliphatic hydroxyl groups is 1. The maximum atomic E-state index is 13.6. The highest BCUT2D eigenvalue weighted by Crippen LogP contribution is 2.32. The summed E-state index contributed by atoms with van der Waals surface area (Å²) in [6.07, 6.45) is 1.44. The summed E-state index contributed by atoms with van der Waals surface area (Å²) in [7, 11) is -3.99. The first kappa shape index (κ1) is 24.5. The molecule has 0 spiro atoms. The predicted octanol–water partition coefficient (Wildman–Crippen LogP) is 1.54. The summed E-state index contributed by atoms with van der Waals surface area (Å²) in [5.41, 5.74) is 0.229. The number of aryl methyl sites for hydroxylation is 1. The van der Waals surface area contributed by atoms with Gasteiger partial charge in [0.1, 0.15) is 0 Å². The molecule has 0 atom stereocenters. The zero-order chi connectivity index (χ0) is 26.2. The molecule has 0 saturated heterocycles. The fourth-order valence-electron chi connectivity index (χ4n) is 4.61. The van der Waals surface area contributed by atoms with Gasteiger partial charge in [-0.15, -0.1) is 0 Å². The van der Waals surface area contributed by atoms with Crippen LogP contribution < -0.4 is 20.9 Å². The van der Waals surface area contributed by atoms with Crippen LogP contribution in [0.3, 0.4) is 0 Å². The standard InChI is InChI=1S/C26H24N4O6S/c31-15-13-27-24(32)20-10-4-11-21-23(20)25(33)30(26(34)28-21)18-8-3-9-19(16-18)37(35,36)29-14-5-7-17-6-1-2-12-22(17)29/h1-4,6,8-12,16,31H,5,7,13-15H2,(H,27,32)(H,28,34). The highest BCUT2D eigenvalue weighted by Gasteiger charge is 2.29. The van der Waals surface area contributed by atoms with Crippen LogP contribution in [-0.2, 0) is 16.4 Å². The topological polar surface area (TPSA) is 142 Å². The molecule has 1 aliphatic rings. The van der Waals surface area contributed by atoms with Crippen LogP contribution in [0.1, 0.15) is 22.3 Å². The molecule has 1 amide bonds. The van der Waals surface area contributed by atoms with E-state index in [9.17, 15) is 22.8 Å². The number of aliphatic hydroxyl groups excluding tert-OH is 1. The second-order valence-electron chi connectivity index (χ2n) is 8.59. The molecule has 0 fully saturated rings. The lowest BCUT2D eigenvalue weighted by molar-refractivity contribution is 0.0946. The Morgan fingerprint density at radius 2 is 1.81 bits per heavy atom. The fraction of sp³-hybridized carbons (Fsp3) is 0.192. The Balaban J connectivity index is 1.64. The summed E-state index contributed by atoms with van der Waals surface area (Å²) >= 11 is 0. The van der Waals surface area contributed by atoms with Crippen LogP contribution in [-0.4, -0.2) is 48.7 Å². The SMILES string of the molecule is O=C(NCCO)c1cccc2[nH]c(=O)n(-c3cccc(S(=O)(=O)N4CCCc5ccccc54)c3)c(=O)c12. The van der Waals surface area contributed by atoms with Gasteiger partial charge in [0.15, 0.2) is 0 Å². The van der Waals surface area contributed by atoms with Crippen molar-refractivity contribution >= 4 is 32.5 Å². The maximum Gasteiger partial charge on any atom is 0.333 e. The Kier molecular flexibility index (Phi) is 6.40. The molecule has 0 unspecified atom stereocenters. The van der Waals surface area contributed by atoms with Crippen molar-refractivity contribution in [2.24, 2.45) is 0 Å². The number of para-hydroxylation sites is 1. The number of sulfonamides is 1. The number of aromatic nitrogens is 2. The van der Waals surface area contributed by atoms with Gasteiger partial charge in [-0.05, 0) is 54.8 Å². The van der Waals surface area contributed by atoms with Gasteiger partial charge in [-0.2, -0.15) is 0 Å². The van der Waals surface area contributed by atoms with E-state index in [4.69, 9.17) is 5.11 Å². The van der Waals surface area contributed by atoms with Crippen LogP contribution in [0.2, 0.25) is 0 Å². The van der Waals surface area contributed by atoms with Gasteiger partial charge in [0.2, 0.25) is 0 Å². The third-order valence-corrected chi connectivity index (χ3v) is 8.11. The molecule has 0 saturated carbocycles. The highest BCUT2D eigenvalue weighted by molar-refractivity contribution is 7.92. The van der Waals surface area contributed by atoms with Crippen LogP contribution in [0, 0.1) is 0 Å². The third kappa shape index (κ3) is 4.32. The monoisotopic (exact) mass is 520 g/mol. The largest absolute Gasteiger partial charge is 0.395 e. The Morgan fingerprint density at radius 3 is 2.62 bits per heavy atom. The number of carbonyl (C=O) groups excluding carboxylic acids is 1. The molecule has 4 aromatic rings. The lowest BCUT2D eigenvalue weighted by Crippen LogP contribution is -2.37. The van der Waals surface area contributed by atoms with Gasteiger partial charge in [0, 0.05) is 13.1 Å². The number of H-pyrrole nitrogens is 1. The fourth-order valence-corrected chi connectivity index (χ4v) is 6.19. The maximum absolute atomic E-state index is 13.6. The minimum atomic E-state index is -3.99. The van der Waals surface area contributed by atoms with Crippen LogP contribution in [0.4, 0.5) is 5.69 Å². The van der Waals surface area contributed by atoms with Crippen LogP contribution in [0.15, 0.2) is 81.2 Å². The molecule has 1 aliphatic heterocycles. The van der Waals surface area contributed by atoms with Crippen LogP contribution in [0.25, 0.3) is 16.6 Å². The molecule has 3 N–H and O–H groups in total. The van der Waals surface area contributed by atoms with Crippen molar-refractivity contribution in [3.63, 3.8) is 0 Å². The van der Waals surface area contributed by atoms with Gasteiger partial charge in [-0.3, -0.25) is 13.9 Å². The summed E-state index contributed by atoms with van der Waals surface area (Å²) in [6.45, 7) is 0.0268. The van der Waals surface area contributed by atoms with E-state index in [0.29, 0.717) is 18.7 Å². The zero-order valence-electron chi connectivity index (χ0n) is 19.7. The molecule has 2 heterocycles. The minimum absolute atomic E-state index is 0.00764. The molecule has 190 valence electrons. The smallest absolute Gasteiger partial charge is 0.333 e. The van der Waals surface area contributed by atoms with Gasteiger partial charge in [-0.1, -0.05) is 30.3 Å². The number of hydrogen-bond acceptors (Lipinski definition) is 6.